The van der Waals surface area contributed by atoms with Crippen LogP contribution in [0.2, 0.25) is 0 Å². The first-order valence-corrected chi connectivity index (χ1v) is 8.29. The molecular formula is C16H23F3N4O4. The topological polar surface area (TPSA) is 98.8 Å². The van der Waals surface area contributed by atoms with Crippen molar-refractivity contribution in [2.75, 3.05) is 40.4 Å². The largest absolute Gasteiger partial charge is 0.490 e. The normalized spacial score (nSPS) is 21.6. The monoisotopic (exact) mass is 392 g/mol. The Balaban J connectivity index is 0.000000321. The Morgan fingerprint density at radius 3 is 2.48 bits per heavy atom. The van der Waals surface area contributed by atoms with Gasteiger partial charge < -0.3 is 19.7 Å². The maximum absolute atomic E-state index is 12.3. The van der Waals surface area contributed by atoms with Crippen LogP contribution in [0.3, 0.4) is 0 Å². The van der Waals surface area contributed by atoms with Gasteiger partial charge in [0.05, 0.1) is 18.3 Å². The maximum Gasteiger partial charge on any atom is 0.490 e. The Kier molecular flexibility index (Phi) is 6.15. The Labute approximate surface area is 154 Å². The Bertz CT molecular complexity index is 685. The summed E-state index contributed by atoms with van der Waals surface area (Å²) in [5.41, 5.74) is 0.750. The zero-order valence-corrected chi connectivity index (χ0v) is 15.3. The summed E-state index contributed by atoms with van der Waals surface area (Å²) in [7, 11) is 3.90. The van der Waals surface area contributed by atoms with Gasteiger partial charge >= 0.3 is 12.1 Å². The van der Waals surface area contributed by atoms with Gasteiger partial charge in [0.1, 0.15) is 11.5 Å². The number of aromatic nitrogens is 2. The van der Waals surface area contributed by atoms with Crippen LogP contribution in [-0.4, -0.2) is 88.9 Å². The quantitative estimate of drug-likeness (QED) is 0.801. The van der Waals surface area contributed by atoms with Crippen LogP contribution in [0.15, 0.2) is 6.20 Å². The summed E-state index contributed by atoms with van der Waals surface area (Å²) in [6.45, 7) is 5.33. The fourth-order valence-electron chi connectivity index (χ4n) is 3.56. The molecule has 1 aromatic heterocycles. The number of alkyl halides is 3. The molecule has 1 amide bonds. The van der Waals surface area contributed by atoms with Crippen molar-refractivity contribution < 1.29 is 32.6 Å². The van der Waals surface area contributed by atoms with Crippen molar-refractivity contribution in [2.45, 2.75) is 25.1 Å². The molecule has 3 heterocycles. The van der Waals surface area contributed by atoms with E-state index in [4.69, 9.17) is 14.6 Å². The summed E-state index contributed by atoms with van der Waals surface area (Å²) in [5.74, 6) is -1.34. The molecule has 2 fully saturated rings. The van der Waals surface area contributed by atoms with E-state index in [2.05, 4.69) is 21.9 Å². The number of nitrogens with zero attached hydrogens (tertiary/aromatic N) is 3. The predicted octanol–water partition coefficient (Wildman–Crippen LogP) is 1.14. The third kappa shape index (κ3) is 4.78. The number of carbonyl (C=O) groups excluding carboxylic acids is 1. The summed E-state index contributed by atoms with van der Waals surface area (Å²) >= 11 is 0. The number of ether oxygens (including phenoxy) is 1. The fraction of sp³-hybridized carbons (Fsp3) is 0.688. The molecule has 2 aliphatic heterocycles. The minimum absolute atomic E-state index is 0.0554. The number of methoxy groups -OCH3 is 1. The molecule has 0 aromatic carbocycles. The van der Waals surface area contributed by atoms with Gasteiger partial charge in [-0.25, -0.2) is 9.78 Å². The van der Waals surface area contributed by atoms with Crippen LogP contribution >= 0.6 is 0 Å². The third-order valence-corrected chi connectivity index (χ3v) is 4.85. The van der Waals surface area contributed by atoms with Crippen molar-refractivity contribution in [2.24, 2.45) is 5.92 Å². The highest BCUT2D eigenvalue weighted by molar-refractivity contribution is 5.93. The summed E-state index contributed by atoms with van der Waals surface area (Å²) in [5, 5.41) is 7.12. The average molecular weight is 392 g/mol. The van der Waals surface area contributed by atoms with Gasteiger partial charge in [-0.15, -0.1) is 0 Å². The maximum atomic E-state index is 12.3. The van der Waals surface area contributed by atoms with Crippen LogP contribution in [0.5, 0.6) is 0 Å². The van der Waals surface area contributed by atoms with Crippen LogP contribution in [0.4, 0.5) is 13.2 Å². The first kappa shape index (κ1) is 21.2. The van der Waals surface area contributed by atoms with E-state index in [1.807, 2.05) is 11.8 Å². The van der Waals surface area contributed by atoms with Crippen LogP contribution in [0.1, 0.15) is 22.7 Å². The number of likely N-dealkylation sites (N-methyl/N-ethyl adjacent to an activating group) is 1. The number of rotatable bonds is 3. The zero-order valence-electron chi connectivity index (χ0n) is 15.3. The highest BCUT2D eigenvalue weighted by atomic mass is 19.4. The summed E-state index contributed by atoms with van der Waals surface area (Å²) in [6.07, 6.45) is -2.35. The Morgan fingerprint density at radius 2 is 2.04 bits per heavy atom. The number of H-pyrrole nitrogens is 1. The van der Waals surface area contributed by atoms with Gasteiger partial charge in [0.15, 0.2) is 0 Å². The smallest absolute Gasteiger partial charge is 0.475 e. The van der Waals surface area contributed by atoms with E-state index in [0.717, 1.165) is 38.5 Å². The van der Waals surface area contributed by atoms with E-state index >= 15 is 0 Å². The van der Waals surface area contributed by atoms with E-state index in [1.165, 1.54) is 0 Å². The van der Waals surface area contributed by atoms with Crippen molar-refractivity contribution in [1.29, 1.82) is 0 Å². The molecule has 0 saturated carbocycles. The number of hydrogen-bond donors (Lipinski definition) is 2. The summed E-state index contributed by atoms with van der Waals surface area (Å²) in [4.78, 5) is 32.6. The minimum atomic E-state index is -5.08. The Morgan fingerprint density at radius 1 is 1.44 bits per heavy atom. The van der Waals surface area contributed by atoms with Gasteiger partial charge in [0, 0.05) is 26.7 Å². The average Bonchev–Trinajstić information content (AvgIpc) is 3.09. The van der Waals surface area contributed by atoms with Gasteiger partial charge in [-0.2, -0.15) is 13.2 Å². The number of aryl methyl sites for hydroxylation is 1. The van der Waals surface area contributed by atoms with Crippen LogP contribution < -0.4 is 0 Å². The van der Waals surface area contributed by atoms with Gasteiger partial charge in [0.25, 0.3) is 5.91 Å². The SMILES string of the molecule is COCC1CN(C)C2(C1)CN(C(=O)c1cnc(C)[nH]1)C2.O=C(O)C(F)(F)F. The molecule has 152 valence electrons. The van der Waals surface area contributed by atoms with Crippen molar-refractivity contribution in [3.63, 3.8) is 0 Å². The number of carbonyl (C=O) groups is 2. The van der Waals surface area contributed by atoms with Crippen molar-refractivity contribution in [3.8, 4) is 0 Å². The first-order valence-electron chi connectivity index (χ1n) is 8.29. The molecule has 1 aromatic rings. The third-order valence-electron chi connectivity index (χ3n) is 4.85. The van der Waals surface area contributed by atoms with Gasteiger partial charge in [-0.1, -0.05) is 0 Å². The molecule has 1 atom stereocenters. The lowest BCUT2D eigenvalue weighted by atomic mass is 9.84. The molecule has 3 rings (SSSR count). The minimum Gasteiger partial charge on any atom is -0.475 e. The molecule has 2 N–H and O–H groups in total. The fourth-order valence-corrected chi connectivity index (χ4v) is 3.56. The molecule has 1 unspecified atom stereocenters. The van der Waals surface area contributed by atoms with Crippen LogP contribution in [0, 0.1) is 12.8 Å². The number of halogens is 3. The van der Waals surface area contributed by atoms with E-state index in [1.54, 1.807) is 13.3 Å². The zero-order chi connectivity index (χ0) is 20.4. The number of hydrogen-bond acceptors (Lipinski definition) is 5. The molecular weight excluding hydrogens is 369 g/mol. The number of likely N-dealkylation sites (tertiary alicyclic amines) is 2. The number of aromatic amines is 1. The van der Waals surface area contributed by atoms with Gasteiger partial charge in [-0.3, -0.25) is 9.69 Å². The first-order chi connectivity index (χ1) is 12.5. The molecule has 0 radical (unpaired) electrons. The molecule has 0 aliphatic carbocycles. The molecule has 27 heavy (non-hydrogen) atoms. The summed E-state index contributed by atoms with van der Waals surface area (Å²) in [6, 6.07) is 0. The lowest BCUT2D eigenvalue weighted by Crippen LogP contribution is -2.68. The molecule has 0 bridgehead atoms. The van der Waals surface area contributed by atoms with Crippen molar-refractivity contribution in [3.05, 3.63) is 17.7 Å². The number of carboxylic acid groups (broad SMARTS) is 1. The standard InChI is InChI=1S/C14H22N4O2.C2HF3O2/c1-10-15-5-12(16-10)13(19)18-8-14(9-18)4-11(7-20-3)6-17(14)2;3-2(4,5)1(6)7/h5,11H,4,6-9H2,1-3H3,(H,15,16);(H,6,7). The van der Waals surface area contributed by atoms with Crippen molar-refractivity contribution in [1.82, 2.24) is 19.8 Å². The highest BCUT2D eigenvalue weighted by Gasteiger charge is 2.53. The lowest BCUT2D eigenvalue weighted by molar-refractivity contribution is -0.192. The molecule has 1 spiro atoms. The molecule has 2 aliphatic rings. The van der Waals surface area contributed by atoms with E-state index in [9.17, 15) is 18.0 Å². The second-order valence-electron chi connectivity index (χ2n) is 6.98. The number of amides is 1. The van der Waals surface area contributed by atoms with Crippen molar-refractivity contribution >= 4 is 11.9 Å². The molecule has 2 saturated heterocycles. The number of carboxylic acids is 1. The van der Waals surface area contributed by atoms with E-state index in [0.29, 0.717) is 11.6 Å². The summed E-state index contributed by atoms with van der Waals surface area (Å²) < 4.78 is 37.0. The predicted molar refractivity (Wildman–Crippen MR) is 88.3 cm³/mol. The second kappa shape index (κ2) is 7.85. The lowest BCUT2D eigenvalue weighted by Gasteiger charge is -2.51. The second-order valence-corrected chi connectivity index (χ2v) is 6.98. The van der Waals surface area contributed by atoms with Crippen LogP contribution in [0.25, 0.3) is 0 Å². The van der Waals surface area contributed by atoms with Gasteiger partial charge in [0.2, 0.25) is 0 Å². The number of nitrogens with one attached hydrogen (secondary N) is 1. The highest BCUT2D eigenvalue weighted by Crippen LogP contribution is 2.39. The van der Waals surface area contributed by atoms with E-state index in [-0.39, 0.29) is 11.4 Å². The molecule has 11 heteroatoms. The Hall–Kier alpha value is -2.14. The van der Waals surface area contributed by atoms with Crippen LogP contribution in [-0.2, 0) is 9.53 Å². The van der Waals surface area contributed by atoms with Gasteiger partial charge in [-0.05, 0) is 26.3 Å². The number of aliphatic carboxylic acids is 1. The number of imidazole rings is 1. The molecule has 8 nitrogen and oxygen atoms in total. The van der Waals surface area contributed by atoms with E-state index < -0.39 is 12.1 Å².